The molecule has 0 bridgehead atoms. The third kappa shape index (κ3) is 4.61. The van der Waals surface area contributed by atoms with E-state index in [1.807, 2.05) is 0 Å². The number of benzene rings is 1. The molecule has 0 atom stereocenters. The number of carbonyl (C=O) groups is 3. The summed E-state index contributed by atoms with van der Waals surface area (Å²) in [5.41, 5.74) is 0.691. The summed E-state index contributed by atoms with van der Waals surface area (Å²) >= 11 is 4.06. The van der Waals surface area contributed by atoms with Crippen LogP contribution in [0.25, 0.3) is 6.08 Å². The van der Waals surface area contributed by atoms with E-state index in [1.165, 1.54) is 6.07 Å². The van der Waals surface area contributed by atoms with Crippen molar-refractivity contribution in [3.05, 3.63) is 33.1 Å². The Morgan fingerprint density at radius 1 is 1.42 bits per heavy atom. The first-order valence-electron chi connectivity index (χ1n) is 7.32. The number of halogens is 1. The second kappa shape index (κ2) is 8.34. The highest BCUT2D eigenvalue weighted by Crippen LogP contribution is 2.33. The van der Waals surface area contributed by atoms with Crippen LogP contribution >= 0.6 is 27.7 Å². The lowest BCUT2D eigenvalue weighted by Crippen LogP contribution is -2.29. The van der Waals surface area contributed by atoms with Crippen LogP contribution in [0.1, 0.15) is 25.3 Å². The van der Waals surface area contributed by atoms with E-state index in [1.54, 1.807) is 25.1 Å². The summed E-state index contributed by atoms with van der Waals surface area (Å²) < 4.78 is 5.32. The minimum atomic E-state index is -0.377. The summed E-state index contributed by atoms with van der Waals surface area (Å²) in [7, 11) is 0. The van der Waals surface area contributed by atoms with Crippen LogP contribution in [0.3, 0.4) is 0 Å². The number of aromatic hydroxyl groups is 1. The lowest BCUT2D eigenvalue weighted by molar-refractivity contribution is -0.143. The van der Waals surface area contributed by atoms with E-state index >= 15 is 0 Å². The van der Waals surface area contributed by atoms with Crippen molar-refractivity contribution in [3.63, 3.8) is 0 Å². The van der Waals surface area contributed by atoms with Gasteiger partial charge in [-0.3, -0.25) is 19.3 Å². The fraction of sp³-hybridized carbons (Fsp3) is 0.312. The molecule has 1 aliphatic heterocycles. The first-order valence-corrected chi connectivity index (χ1v) is 8.92. The van der Waals surface area contributed by atoms with E-state index in [0.29, 0.717) is 28.0 Å². The van der Waals surface area contributed by atoms with Gasteiger partial charge >= 0.3 is 5.97 Å². The fourth-order valence-electron chi connectivity index (χ4n) is 2.07. The van der Waals surface area contributed by atoms with Crippen molar-refractivity contribution in [1.82, 2.24) is 4.90 Å². The third-order valence-corrected chi connectivity index (χ3v) is 4.75. The molecule has 1 fully saturated rings. The minimum absolute atomic E-state index is 0.0965. The molecule has 0 radical (unpaired) electrons. The summed E-state index contributed by atoms with van der Waals surface area (Å²) in [5.74, 6) is -0.619. The maximum Gasteiger partial charge on any atom is 0.305 e. The van der Waals surface area contributed by atoms with Gasteiger partial charge in [-0.1, -0.05) is 6.07 Å². The minimum Gasteiger partial charge on any atom is -0.507 e. The average Bonchev–Trinajstić information content (AvgIpc) is 2.78. The Balaban J connectivity index is 2.01. The number of nitrogens with zero attached hydrogens (tertiary/aromatic N) is 1. The number of hydrogen-bond acceptors (Lipinski definition) is 6. The molecule has 1 aromatic carbocycles. The van der Waals surface area contributed by atoms with Gasteiger partial charge in [0.05, 0.1) is 16.0 Å². The topological polar surface area (TPSA) is 83.9 Å². The second-order valence-electron chi connectivity index (χ2n) is 4.95. The number of thioether (sulfide) groups is 1. The number of amides is 2. The quantitative estimate of drug-likeness (QED) is 0.567. The van der Waals surface area contributed by atoms with Crippen molar-refractivity contribution in [1.29, 1.82) is 0 Å². The van der Waals surface area contributed by atoms with E-state index in [2.05, 4.69) is 15.9 Å². The van der Waals surface area contributed by atoms with Crippen molar-refractivity contribution < 1.29 is 24.2 Å². The standard InChI is InChI=1S/C16H16BrNO5S/c1-2-23-14(20)4-3-7-18-15(21)13(24-16(18)22)9-10-5-6-12(19)11(17)8-10/h5-6,8-9,19H,2-4,7H2,1H3. The molecule has 0 spiro atoms. The Kier molecular flexibility index (Phi) is 6.44. The molecule has 0 saturated carbocycles. The summed E-state index contributed by atoms with van der Waals surface area (Å²) in [6.45, 7) is 2.21. The van der Waals surface area contributed by atoms with Crippen LogP contribution in [0, 0.1) is 0 Å². The number of rotatable bonds is 6. The van der Waals surface area contributed by atoms with Gasteiger partial charge in [0.1, 0.15) is 5.75 Å². The predicted molar refractivity (Wildman–Crippen MR) is 94.4 cm³/mol. The van der Waals surface area contributed by atoms with Crippen molar-refractivity contribution >= 4 is 50.9 Å². The third-order valence-electron chi connectivity index (χ3n) is 3.21. The summed E-state index contributed by atoms with van der Waals surface area (Å²) in [5, 5.41) is 9.13. The maximum absolute atomic E-state index is 12.3. The molecule has 1 N–H and O–H groups in total. The Morgan fingerprint density at radius 3 is 2.83 bits per heavy atom. The monoisotopic (exact) mass is 413 g/mol. The van der Waals surface area contributed by atoms with E-state index in [9.17, 15) is 19.5 Å². The van der Waals surface area contributed by atoms with Crippen LogP contribution in [0.5, 0.6) is 5.75 Å². The number of esters is 1. The molecule has 8 heteroatoms. The van der Waals surface area contributed by atoms with Gasteiger partial charge in [-0.2, -0.15) is 0 Å². The van der Waals surface area contributed by atoms with Crippen molar-refractivity contribution in [2.24, 2.45) is 0 Å². The predicted octanol–water partition coefficient (Wildman–Crippen LogP) is 3.53. The van der Waals surface area contributed by atoms with Crippen LogP contribution in [0.4, 0.5) is 4.79 Å². The highest BCUT2D eigenvalue weighted by molar-refractivity contribution is 9.10. The maximum atomic E-state index is 12.3. The van der Waals surface area contributed by atoms with Crippen LogP contribution in [-0.2, 0) is 14.3 Å². The Morgan fingerprint density at radius 2 is 2.17 bits per heavy atom. The van der Waals surface area contributed by atoms with Gasteiger partial charge in [-0.25, -0.2) is 0 Å². The number of phenols is 1. The molecule has 2 amide bonds. The Bertz CT molecular complexity index is 704. The second-order valence-corrected chi connectivity index (χ2v) is 6.80. The number of ether oxygens (including phenoxy) is 1. The van der Waals surface area contributed by atoms with Gasteiger partial charge in [-0.15, -0.1) is 0 Å². The number of phenolic OH excluding ortho intramolecular Hbond substituents is 1. The molecule has 1 aromatic rings. The molecule has 1 aliphatic rings. The van der Waals surface area contributed by atoms with Gasteiger partial charge in [0.15, 0.2) is 0 Å². The normalized spacial score (nSPS) is 16.1. The van der Waals surface area contributed by atoms with Gasteiger partial charge in [0.25, 0.3) is 11.1 Å². The Labute approximate surface area is 152 Å². The lowest BCUT2D eigenvalue weighted by atomic mass is 10.2. The molecular weight excluding hydrogens is 398 g/mol. The van der Waals surface area contributed by atoms with Gasteiger partial charge in [0.2, 0.25) is 0 Å². The molecule has 0 aromatic heterocycles. The van der Waals surface area contributed by atoms with Crippen molar-refractivity contribution in [3.8, 4) is 5.75 Å². The summed E-state index contributed by atoms with van der Waals surface area (Å²) in [6.07, 6.45) is 2.13. The van der Waals surface area contributed by atoms with Crippen LogP contribution in [0.15, 0.2) is 27.6 Å². The number of imide groups is 1. The van der Waals surface area contributed by atoms with Crippen molar-refractivity contribution in [2.45, 2.75) is 19.8 Å². The first kappa shape index (κ1) is 18.5. The van der Waals surface area contributed by atoms with Crippen molar-refractivity contribution in [2.75, 3.05) is 13.2 Å². The highest BCUT2D eigenvalue weighted by atomic mass is 79.9. The van der Waals surface area contributed by atoms with Gasteiger partial charge in [0, 0.05) is 13.0 Å². The number of carbonyl (C=O) groups excluding carboxylic acids is 3. The zero-order chi connectivity index (χ0) is 17.7. The SMILES string of the molecule is CCOC(=O)CCCN1C(=O)SC(=Cc2ccc(O)c(Br)c2)C1=O. The van der Waals surface area contributed by atoms with E-state index in [-0.39, 0.29) is 35.8 Å². The zero-order valence-corrected chi connectivity index (χ0v) is 15.4. The first-order chi connectivity index (χ1) is 11.4. The Hall–Kier alpha value is -1.80. The van der Waals surface area contributed by atoms with Crippen LogP contribution < -0.4 is 0 Å². The lowest BCUT2D eigenvalue weighted by Gasteiger charge is -2.11. The van der Waals surface area contributed by atoms with Gasteiger partial charge in [-0.05, 0) is 64.8 Å². The van der Waals surface area contributed by atoms with E-state index in [0.717, 1.165) is 16.7 Å². The smallest absolute Gasteiger partial charge is 0.305 e. The van der Waals surface area contributed by atoms with E-state index in [4.69, 9.17) is 4.74 Å². The molecule has 1 heterocycles. The van der Waals surface area contributed by atoms with Gasteiger partial charge < -0.3 is 9.84 Å². The average molecular weight is 414 g/mol. The largest absolute Gasteiger partial charge is 0.507 e. The molecule has 24 heavy (non-hydrogen) atoms. The molecule has 128 valence electrons. The summed E-state index contributed by atoms with van der Waals surface area (Å²) in [4.78, 5) is 37.0. The molecule has 1 saturated heterocycles. The molecular formula is C16H16BrNO5S. The number of hydrogen-bond donors (Lipinski definition) is 1. The molecule has 0 aliphatic carbocycles. The molecule has 0 unspecified atom stereocenters. The van der Waals surface area contributed by atoms with Crippen LogP contribution in [0.2, 0.25) is 0 Å². The molecule has 2 rings (SSSR count). The highest BCUT2D eigenvalue weighted by Gasteiger charge is 2.34. The van der Waals surface area contributed by atoms with E-state index < -0.39 is 0 Å². The molecule has 6 nitrogen and oxygen atoms in total. The van der Waals surface area contributed by atoms with Crippen LogP contribution in [-0.4, -0.2) is 40.3 Å². The zero-order valence-electron chi connectivity index (χ0n) is 13.0. The fourth-order valence-corrected chi connectivity index (χ4v) is 3.33. The summed E-state index contributed by atoms with van der Waals surface area (Å²) in [6, 6.07) is 4.80.